The van der Waals surface area contributed by atoms with E-state index >= 15 is 0 Å². The van der Waals surface area contributed by atoms with Gasteiger partial charge in [-0.2, -0.15) is 9.40 Å². The second-order valence-corrected chi connectivity index (χ2v) is 6.54. The summed E-state index contributed by atoms with van der Waals surface area (Å²) in [6.45, 7) is 1.58. The van der Waals surface area contributed by atoms with Gasteiger partial charge in [0.2, 0.25) is 10.0 Å². The van der Waals surface area contributed by atoms with Gasteiger partial charge in [-0.3, -0.25) is 5.10 Å². The minimum atomic E-state index is -3.39. The average molecular weight is 258 g/mol. The standard InChI is InChI=1S/C10H18N4O2S/c1-13-5-3-4-9(13)8-14(2)17(15,16)10-6-11-12-7-10/h6-7,9H,3-5,8H2,1-2H3,(H,11,12). The van der Waals surface area contributed by atoms with Crippen LogP contribution in [0.3, 0.4) is 0 Å². The highest BCUT2D eigenvalue weighted by atomic mass is 32.2. The van der Waals surface area contributed by atoms with Crippen LogP contribution in [0, 0.1) is 0 Å². The summed E-state index contributed by atoms with van der Waals surface area (Å²) in [4.78, 5) is 2.43. The molecule has 2 rings (SSSR count). The lowest BCUT2D eigenvalue weighted by Gasteiger charge is -2.24. The predicted molar refractivity (Wildman–Crippen MR) is 64.1 cm³/mol. The zero-order valence-corrected chi connectivity index (χ0v) is 10.9. The number of nitrogens with one attached hydrogen (secondary N) is 1. The van der Waals surface area contributed by atoms with E-state index in [4.69, 9.17) is 0 Å². The Morgan fingerprint density at radius 2 is 2.41 bits per heavy atom. The van der Waals surface area contributed by atoms with E-state index in [0.29, 0.717) is 12.6 Å². The molecule has 0 aliphatic carbocycles. The number of aromatic nitrogens is 2. The van der Waals surface area contributed by atoms with Crippen molar-refractivity contribution in [2.24, 2.45) is 0 Å². The van der Waals surface area contributed by atoms with Crippen molar-refractivity contribution in [2.75, 3.05) is 27.2 Å². The van der Waals surface area contributed by atoms with E-state index in [2.05, 4.69) is 15.1 Å². The quantitative estimate of drug-likeness (QED) is 0.833. The number of sulfonamides is 1. The van der Waals surface area contributed by atoms with Crippen LogP contribution in [-0.2, 0) is 10.0 Å². The molecule has 1 saturated heterocycles. The zero-order valence-electron chi connectivity index (χ0n) is 10.1. The van der Waals surface area contributed by atoms with Gasteiger partial charge in [0.15, 0.2) is 0 Å². The Labute approximate surface area is 102 Å². The zero-order chi connectivity index (χ0) is 12.5. The maximum Gasteiger partial charge on any atom is 0.245 e. The van der Waals surface area contributed by atoms with Gasteiger partial charge in [-0.05, 0) is 26.4 Å². The molecular weight excluding hydrogens is 240 g/mol. The van der Waals surface area contributed by atoms with Crippen LogP contribution in [0.2, 0.25) is 0 Å². The molecule has 2 heterocycles. The second-order valence-electron chi connectivity index (χ2n) is 4.50. The second kappa shape index (κ2) is 4.75. The lowest BCUT2D eigenvalue weighted by atomic mass is 10.2. The normalized spacial score (nSPS) is 22.4. The van der Waals surface area contributed by atoms with E-state index in [-0.39, 0.29) is 4.90 Å². The van der Waals surface area contributed by atoms with Gasteiger partial charge in [-0.25, -0.2) is 8.42 Å². The Morgan fingerprint density at radius 3 is 2.94 bits per heavy atom. The van der Waals surface area contributed by atoms with Crippen molar-refractivity contribution in [1.29, 1.82) is 0 Å². The van der Waals surface area contributed by atoms with Gasteiger partial charge in [0.25, 0.3) is 0 Å². The Kier molecular flexibility index (Phi) is 3.50. The van der Waals surface area contributed by atoms with Crippen LogP contribution in [0.5, 0.6) is 0 Å². The van der Waals surface area contributed by atoms with E-state index in [9.17, 15) is 8.42 Å². The number of likely N-dealkylation sites (tertiary alicyclic amines) is 1. The molecule has 0 amide bonds. The highest BCUT2D eigenvalue weighted by Crippen LogP contribution is 2.19. The topological polar surface area (TPSA) is 69.3 Å². The Balaban J connectivity index is 2.07. The number of rotatable bonds is 4. The lowest BCUT2D eigenvalue weighted by Crippen LogP contribution is -2.39. The van der Waals surface area contributed by atoms with Crippen LogP contribution in [0.1, 0.15) is 12.8 Å². The molecule has 0 aromatic carbocycles. The van der Waals surface area contributed by atoms with Crippen molar-refractivity contribution >= 4 is 10.0 Å². The van der Waals surface area contributed by atoms with Gasteiger partial charge in [0.05, 0.1) is 6.20 Å². The Hall–Kier alpha value is -0.920. The van der Waals surface area contributed by atoms with Gasteiger partial charge in [-0.1, -0.05) is 0 Å². The first-order valence-corrected chi connectivity index (χ1v) is 7.11. The highest BCUT2D eigenvalue weighted by molar-refractivity contribution is 7.89. The first-order chi connectivity index (χ1) is 8.01. The molecule has 1 aliphatic rings. The summed E-state index contributed by atoms with van der Waals surface area (Å²) in [5.41, 5.74) is 0. The molecule has 1 unspecified atom stereocenters. The van der Waals surface area contributed by atoms with Crippen molar-refractivity contribution in [3.05, 3.63) is 12.4 Å². The van der Waals surface area contributed by atoms with Crippen LogP contribution in [0.25, 0.3) is 0 Å². The summed E-state index contributed by atoms with van der Waals surface area (Å²) in [5.74, 6) is 0. The van der Waals surface area contributed by atoms with Gasteiger partial charge in [0, 0.05) is 25.8 Å². The van der Waals surface area contributed by atoms with Crippen LogP contribution in [0.4, 0.5) is 0 Å². The number of H-pyrrole nitrogens is 1. The van der Waals surface area contributed by atoms with Crippen molar-refractivity contribution in [3.8, 4) is 0 Å². The lowest BCUT2D eigenvalue weighted by molar-refractivity contribution is 0.271. The molecule has 0 bridgehead atoms. The number of likely N-dealkylation sites (N-methyl/N-ethyl adjacent to an activating group) is 2. The largest absolute Gasteiger partial charge is 0.302 e. The van der Waals surface area contributed by atoms with Gasteiger partial charge in [-0.15, -0.1) is 0 Å². The molecule has 0 spiro atoms. The van der Waals surface area contributed by atoms with Gasteiger partial charge in [0.1, 0.15) is 4.90 Å². The van der Waals surface area contributed by atoms with Crippen molar-refractivity contribution in [1.82, 2.24) is 19.4 Å². The summed E-state index contributed by atoms with van der Waals surface area (Å²) in [7, 11) is 0.264. The van der Waals surface area contributed by atoms with E-state index < -0.39 is 10.0 Å². The molecule has 17 heavy (non-hydrogen) atoms. The molecule has 1 aromatic rings. The third-order valence-corrected chi connectivity index (χ3v) is 5.11. The monoisotopic (exact) mass is 258 g/mol. The SMILES string of the molecule is CN1CCCC1CN(C)S(=O)(=O)c1cn[nH]c1. The molecule has 1 fully saturated rings. The summed E-state index contributed by atoms with van der Waals surface area (Å²) < 4.78 is 25.7. The summed E-state index contributed by atoms with van der Waals surface area (Å²) in [6, 6.07) is 0.321. The first-order valence-electron chi connectivity index (χ1n) is 5.67. The number of hydrogen-bond acceptors (Lipinski definition) is 4. The maximum atomic E-state index is 12.1. The molecular formula is C10H18N4O2S. The third kappa shape index (κ3) is 2.51. The van der Waals surface area contributed by atoms with E-state index in [0.717, 1.165) is 19.4 Å². The van der Waals surface area contributed by atoms with Crippen molar-refractivity contribution in [2.45, 2.75) is 23.8 Å². The van der Waals surface area contributed by atoms with Gasteiger partial charge >= 0.3 is 0 Å². The predicted octanol–water partition coefficient (Wildman–Crippen LogP) is 0.124. The number of hydrogen-bond donors (Lipinski definition) is 1. The average Bonchev–Trinajstić information content (AvgIpc) is 2.90. The van der Waals surface area contributed by atoms with Crippen LogP contribution < -0.4 is 0 Å². The fraction of sp³-hybridized carbons (Fsp3) is 0.700. The van der Waals surface area contributed by atoms with Gasteiger partial charge < -0.3 is 4.90 Å². The van der Waals surface area contributed by atoms with E-state index in [1.165, 1.54) is 16.7 Å². The molecule has 1 atom stereocenters. The summed E-state index contributed by atoms with van der Waals surface area (Å²) in [6.07, 6.45) is 4.94. The minimum absolute atomic E-state index is 0.223. The van der Waals surface area contributed by atoms with Crippen molar-refractivity contribution < 1.29 is 8.42 Å². The highest BCUT2D eigenvalue weighted by Gasteiger charge is 2.28. The molecule has 7 heteroatoms. The van der Waals surface area contributed by atoms with E-state index in [1.54, 1.807) is 7.05 Å². The number of nitrogens with zero attached hydrogens (tertiary/aromatic N) is 3. The first kappa shape index (κ1) is 12.5. The summed E-state index contributed by atoms with van der Waals surface area (Å²) in [5, 5.41) is 6.20. The van der Waals surface area contributed by atoms with Crippen LogP contribution >= 0.6 is 0 Å². The minimum Gasteiger partial charge on any atom is -0.302 e. The maximum absolute atomic E-state index is 12.1. The molecule has 0 saturated carbocycles. The molecule has 96 valence electrons. The molecule has 6 nitrogen and oxygen atoms in total. The van der Waals surface area contributed by atoms with Crippen LogP contribution in [0.15, 0.2) is 17.3 Å². The third-order valence-electron chi connectivity index (χ3n) is 3.32. The Bertz CT molecular complexity index is 457. The number of aromatic amines is 1. The molecule has 0 radical (unpaired) electrons. The fourth-order valence-electron chi connectivity index (χ4n) is 2.16. The molecule has 1 aromatic heterocycles. The molecule has 1 aliphatic heterocycles. The van der Waals surface area contributed by atoms with Crippen molar-refractivity contribution in [3.63, 3.8) is 0 Å². The summed E-state index contributed by atoms with van der Waals surface area (Å²) >= 11 is 0. The van der Waals surface area contributed by atoms with E-state index in [1.807, 2.05) is 7.05 Å². The van der Waals surface area contributed by atoms with Crippen LogP contribution in [-0.4, -0.2) is 61.0 Å². The Morgan fingerprint density at radius 1 is 1.65 bits per heavy atom. The fourth-order valence-corrected chi connectivity index (χ4v) is 3.28. The molecule has 1 N–H and O–H groups in total. The smallest absolute Gasteiger partial charge is 0.245 e.